The molecule has 1 saturated heterocycles. The highest BCUT2D eigenvalue weighted by atomic mass is 15.1. The normalized spacial score (nSPS) is 17.3. The number of fused-ring (bicyclic) bond motifs is 1. The molecule has 2 N–H and O–H groups in total. The molecule has 0 radical (unpaired) electrons. The van der Waals surface area contributed by atoms with Crippen molar-refractivity contribution in [2.45, 2.75) is 25.7 Å². The summed E-state index contributed by atoms with van der Waals surface area (Å²) in [7, 11) is 0. The van der Waals surface area contributed by atoms with Gasteiger partial charge >= 0.3 is 0 Å². The fourth-order valence-electron chi connectivity index (χ4n) is 2.64. The number of hydrogen-bond acceptors (Lipinski definition) is 3. The molecule has 2 aromatic heterocycles. The first-order valence-electron chi connectivity index (χ1n) is 6.77. The van der Waals surface area contributed by atoms with Gasteiger partial charge in [0, 0.05) is 31.0 Å². The van der Waals surface area contributed by atoms with E-state index in [9.17, 15) is 0 Å². The second-order valence-electron chi connectivity index (χ2n) is 5.11. The second-order valence-corrected chi connectivity index (χ2v) is 5.11. The van der Waals surface area contributed by atoms with Gasteiger partial charge in [-0.1, -0.05) is 6.42 Å². The van der Waals surface area contributed by atoms with Gasteiger partial charge in [0.05, 0.1) is 5.69 Å². The van der Waals surface area contributed by atoms with Gasteiger partial charge in [-0.05, 0) is 38.1 Å². The first kappa shape index (κ1) is 11.5. The highest BCUT2D eigenvalue weighted by Gasteiger charge is 2.10. The third-order valence-electron chi connectivity index (χ3n) is 3.66. The predicted octanol–water partition coefficient (Wildman–Crippen LogP) is 1.94. The van der Waals surface area contributed by atoms with Crippen LogP contribution in [0.25, 0.3) is 5.65 Å². The number of pyridine rings is 1. The fourth-order valence-corrected chi connectivity index (χ4v) is 2.64. The van der Waals surface area contributed by atoms with E-state index in [1.807, 2.05) is 22.7 Å². The minimum atomic E-state index is 0.780. The minimum absolute atomic E-state index is 0.780. The Hall–Kier alpha value is -1.55. The van der Waals surface area contributed by atoms with Gasteiger partial charge in [-0.3, -0.25) is 0 Å². The standard InChI is InChI=1S/C14H20N4/c15-12-4-5-14-16-13(11-18(14)10-12)6-9-17-7-2-1-3-8-17/h4-5,10-11H,1-3,6-9,15H2. The van der Waals surface area contributed by atoms with Crippen molar-refractivity contribution in [1.82, 2.24) is 14.3 Å². The van der Waals surface area contributed by atoms with E-state index in [2.05, 4.69) is 16.1 Å². The summed E-state index contributed by atoms with van der Waals surface area (Å²) >= 11 is 0. The number of nitrogens with zero attached hydrogens (tertiary/aromatic N) is 3. The molecule has 0 atom stereocenters. The Labute approximate surface area is 107 Å². The SMILES string of the molecule is Nc1ccc2nc(CCN3CCCCC3)cn2c1. The Balaban J connectivity index is 1.67. The molecule has 0 aromatic carbocycles. The van der Waals surface area contributed by atoms with E-state index in [1.165, 1.54) is 32.4 Å². The lowest BCUT2D eigenvalue weighted by molar-refractivity contribution is 0.231. The van der Waals surface area contributed by atoms with Gasteiger partial charge in [0.25, 0.3) is 0 Å². The molecule has 3 heterocycles. The Morgan fingerprint density at radius 2 is 1.94 bits per heavy atom. The summed E-state index contributed by atoms with van der Waals surface area (Å²) in [6.45, 7) is 3.63. The average Bonchev–Trinajstić information content (AvgIpc) is 2.79. The van der Waals surface area contributed by atoms with Gasteiger partial charge in [0.2, 0.25) is 0 Å². The van der Waals surface area contributed by atoms with E-state index in [0.29, 0.717) is 0 Å². The van der Waals surface area contributed by atoms with Crippen LogP contribution in [0.4, 0.5) is 5.69 Å². The lowest BCUT2D eigenvalue weighted by atomic mass is 10.1. The van der Waals surface area contributed by atoms with Crippen molar-refractivity contribution in [3.63, 3.8) is 0 Å². The first-order valence-corrected chi connectivity index (χ1v) is 6.77. The van der Waals surface area contributed by atoms with Crippen molar-refractivity contribution in [2.24, 2.45) is 0 Å². The van der Waals surface area contributed by atoms with Crippen LogP contribution in [-0.4, -0.2) is 33.9 Å². The van der Waals surface area contributed by atoms with Crippen LogP contribution in [0.3, 0.4) is 0 Å². The summed E-state index contributed by atoms with van der Waals surface area (Å²) in [4.78, 5) is 7.16. The number of nitrogen functional groups attached to an aromatic ring is 1. The molecule has 4 heteroatoms. The second kappa shape index (κ2) is 4.98. The Morgan fingerprint density at radius 1 is 1.11 bits per heavy atom. The molecule has 1 aliphatic rings. The topological polar surface area (TPSA) is 46.6 Å². The number of rotatable bonds is 3. The van der Waals surface area contributed by atoms with Crippen LogP contribution in [0, 0.1) is 0 Å². The number of likely N-dealkylation sites (tertiary alicyclic amines) is 1. The van der Waals surface area contributed by atoms with Crippen molar-refractivity contribution >= 4 is 11.3 Å². The molecule has 0 aliphatic carbocycles. The summed E-state index contributed by atoms with van der Waals surface area (Å²) in [5, 5.41) is 0. The summed E-state index contributed by atoms with van der Waals surface area (Å²) in [6.07, 6.45) is 9.14. The van der Waals surface area contributed by atoms with Crippen LogP contribution in [0.2, 0.25) is 0 Å². The van der Waals surface area contributed by atoms with Crippen LogP contribution in [0.5, 0.6) is 0 Å². The Bertz CT molecular complexity index is 526. The zero-order chi connectivity index (χ0) is 12.4. The van der Waals surface area contributed by atoms with Crippen LogP contribution >= 0.6 is 0 Å². The molecule has 0 amide bonds. The molecule has 96 valence electrons. The monoisotopic (exact) mass is 244 g/mol. The molecule has 3 rings (SSSR count). The fraction of sp³-hybridized carbons (Fsp3) is 0.500. The van der Waals surface area contributed by atoms with Crippen molar-refractivity contribution in [1.29, 1.82) is 0 Å². The maximum absolute atomic E-state index is 5.77. The molecule has 1 aliphatic heterocycles. The van der Waals surface area contributed by atoms with Crippen LogP contribution in [0.1, 0.15) is 25.0 Å². The largest absolute Gasteiger partial charge is 0.398 e. The van der Waals surface area contributed by atoms with Crippen molar-refractivity contribution < 1.29 is 0 Å². The zero-order valence-corrected chi connectivity index (χ0v) is 10.7. The van der Waals surface area contributed by atoms with E-state index < -0.39 is 0 Å². The molecule has 0 unspecified atom stereocenters. The summed E-state index contributed by atoms with van der Waals surface area (Å²) in [6, 6.07) is 3.87. The quantitative estimate of drug-likeness (QED) is 0.897. The van der Waals surface area contributed by atoms with Crippen LogP contribution in [-0.2, 0) is 6.42 Å². The molecule has 0 saturated carbocycles. The first-order chi connectivity index (χ1) is 8.81. The van der Waals surface area contributed by atoms with Crippen LogP contribution < -0.4 is 5.73 Å². The number of aromatic nitrogens is 2. The van der Waals surface area contributed by atoms with E-state index in [1.54, 1.807) is 0 Å². The molecule has 2 aromatic rings. The highest BCUT2D eigenvalue weighted by Crippen LogP contribution is 2.12. The summed E-state index contributed by atoms with van der Waals surface area (Å²) in [5.74, 6) is 0. The minimum Gasteiger partial charge on any atom is -0.398 e. The zero-order valence-electron chi connectivity index (χ0n) is 10.7. The molecular weight excluding hydrogens is 224 g/mol. The average molecular weight is 244 g/mol. The van der Waals surface area contributed by atoms with Gasteiger partial charge in [-0.25, -0.2) is 4.98 Å². The Morgan fingerprint density at radius 3 is 2.78 bits per heavy atom. The van der Waals surface area contributed by atoms with E-state index >= 15 is 0 Å². The lowest BCUT2D eigenvalue weighted by Gasteiger charge is -2.25. The number of hydrogen-bond donors (Lipinski definition) is 1. The lowest BCUT2D eigenvalue weighted by Crippen LogP contribution is -2.31. The van der Waals surface area contributed by atoms with Crippen molar-refractivity contribution in [2.75, 3.05) is 25.4 Å². The molecule has 0 bridgehead atoms. The molecule has 4 nitrogen and oxygen atoms in total. The van der Waals surface area contributed by atoms with Gasteiger partial charge in [0.1, 0.15) is 5.65 Å². The summed E-state index contributed by atoms with van der Waals surface area (Å²) in [5.41, 5.74) is 8.69. The van der Waals surface area contributed by atoms with Crippen LogP contribution in [0.15, 0.2) is 24.5 Å². The van der Waals surface area contributed by atoms with Gasteiger partial charge < -0.3 is 15.0 Å². The number of imidazole rings is 1. The van der Waals surface area contributed by atoms with Gasteiger partial charge in [0.15, 0.2) is 0 Å². The molecular formula is C14H20N4. The number of piperidine rings is 1. The summed E-state index contributed by atoms with van der Waals surface area (Å²) < 4.78 is 2.01. The van der Waals surface area contributed by atoms with Crippen molar-refractivity contribution in [3.05, 3.63) is 30.2 Å². The number of anilines is 1. The third-order valence-corrected chi connectivity index (χ3v) is 3.66. The van der Waals surface area contributed by atoms with Gasteiger partial charge in [-0.15, -0.1) is 0 Å². The molecule has 1 fully saturated rings. The highest BCUT2D eigenvalue weighted by molar-refractivity contribution is 5.48. The smallest absolute Gasteiger partial charge is 0.137 e. The van der Waals surface area contributed by atoms with E-state index in [4.69, 9.17) is 5.73 Å². The van der Waals surface area contributed by atoms with E-state index in [-0.39, 0.29) is 0 Å². The van der Waals surface area contributed by atoms with E-state index in [0.717, 1.165) is 30.0 Å². The predicted molar refractivity (Wildman–Crippen MR) is 73.6 cm³/mol. The number of nitrogens with two attached hydrogens (primary N) is 1. The molecule has 0 spiro atoms. The maximum atomic E-state index is 5.77. The Kier molecular flexibility index (Phi) is 3.19. The maximum Gasteiger partial charge on any atom is 0.137 e. The van der Waals surface area contributed by atoms with Crippen molar-refractivity contribution in [3.8, 4) is 0 Å². The third kappa shape index (κ3) is 2.48. The van der Waals surface area contributed by atoms with Gasteiger partial charge in [-0.2, -0.15) is 0 Å². The molecule has 18 heavy (non-hydrogen) atoms.